The summed E-state index contributed by atoms with van der Waals surface area (Å²) in [6.07, 6.45) is 37.2. The summed E-state index contributed by atoms with van der Waals surface area (Å²) in [5, 5.41) is 0. The zero-order valence-corrected chi connectivity index (χ0v) is 32.5. The molecule has 268 valence electrons. The number of unbranched alkanes of at least 4 members (excludes halogenated alkanes) is 26. The van der Waals surface area contributed by atoms with Crippen LogP contribution in [0.3, 0.4) is 0 Å². The minimum Gasteiger partial charge on any atom is -0.484 e. The molecule has 0 aliphatic rings. The molecule has 0 aliphatic carbocycles. The molecule has 0 spiro atoms. The average molecular weight is 653 g/mol. The Morgan fingerprint density at radius 3 is 0.778 bits per heavy atom. The molecule has 0 N–H and O–H groups in total. The van der Waals surface area contributed by atoms with Gasteiger partial charge in [0.15, 0.2) is 0 Å². The monoisotopic (exact) mass is 653 g/mol. The molecule has 0 rings (SSSR count). The maximum Gasteiger partial charge on any atom is 0.469 e. The van der Waals surface area contributed by atoms with Crippen LogP contribution in [0.25, 0.3) is 0 Å². The van der Waals surface area contributed by atoms with E-state index in [4.69, 9.17) is 8.85 Å². The van der Waals surface area contributed by atoms with Crippen LogP contribution >= 0.6 is 0 Å². The maximum atomic E-state index is 12.9. The van der Waals surface area contributed by atoms with Gasteiger partial charge in [0, 0.05) is 23.9 Å². The second-order valence-electron chi connectivity index (χ2n) is 14.7. The van der Waals surface area contributed by atoms with Crippen molar-refractivity contribution in [2.75, 3.05) is 0 Å². The van der Waals surface area contributed by atoms with Crippen molar-refractivity contribution < 1.29 is 18.4 Å². The smallest absolute Gasteiger partial charge is 0.469 e. The van der Waals surface area contributed by atoms with Gasteiger partial charge in [0.05, 0.1) is 0 Å². The largest absolute Gasteiger partial charge is 0.484 e. The Labute approximate surface area is 283 Å². The highest BCUT2D eigenvalue weighted by molar-refractivity contribution is 6.73. The van der Waals surface area contributed by atoms with Crippen molar-refractivity contribution in [3.63, 3.8) is 0 Å². The van der Waals surface area contributed by atoms with Crippen LogP contribution in [0, 0.1) is 0 Å². The van der Waals surface area contributed by atoms with Gasteiger partial charge in [0.25, 0.3) is 11.9 Å². The Bertz CT molecular complexity index is 607. The van der Waals surface area contributed by atoms with Crippen molar-refractivity contribution in [1.29, 1.82) is 0 Å². The molecule has 0 aliphatic heterocycles. The quantitative estimate of drug-likeness (QED) is 0.0513. The van der Waals surface area contributed by atoms with Crippen molar-refractivity contribution >= 4 is 20.5 Å². The van der Waals surface area contributed by atoms with E-state index < -0.39 is 8.56 Å². The summed E-state index contributed by atoms with van der Waals surface area (Å²) in [7, 11) is -2.99. The first-order valence-corrected chi connectivity index (χ1v) is 22.2. The zero-order chi connectivity index (χ0) is 33.4. The molecule has 0 aromatic carbocycles. The number of carbonyl (C=O) groups excluding carboxylic acids is 2. The van der Waals surface area contributed by atoms with Crippen molar-refractivity contribution in [3.8, 4) is 0 Å². The number of hydrogen-bond acceptors (Lipinski definition) is 4. The third-order valence-electron chi connectivity index (χ3n) is 9.63. The molecule has 0 radical (unpaired) electrons. The summed E-state index contributed by atoms with van der Waals surface area (Å²) in [4.78, 5) is 25.8. The number of hydrogen-bond donors (Lipinski definition) is 0. The fraction of sp³-hybridized carbons (Fsp3) is 0.950. The lowest BCUT2D eigenvalue weighted by atomic mass is 10.0. The van der Waals surface area contributed by atoms with E-state index in [2.05, 4.69) is 13.8 Å². The molecule has 0 aromatic heterocycles. The molecule has 5 heteroatoms. The fourth-order valence-corrected chi connectivity index (χ4v) is 9.78. The van der Waals surface area contributed by atoms with E-state index in [1.807, 2.05) is 27.7 Å². The molecular formula is C40H80O4Si. The van der Waals surface area contributed by atoms with Crippen LogP contribution in [-0.2, 0) is 18.4 Å². The van der Waals surface area contributed by atoms with E-state index in [0.717, 1.165) is 25.7 Å². The van der Waals surface area contributed by atoms with Gasteiger partial charge in [-0.2, -0.15) is 0 Å². The first-order valence-electron chi connectivity index (χ1n) is 20.2. The van der Waals surface area contributed by atoms with Gasteiger partial charge in [-0.25, -0.2) is 0 Å². The molecule has 0 unspecified atom stereocenters. The second kappa shape index (κ2) is 31.7. The van der Waals surface area contributed by atoms with E-state index in [1.54, 1.807) is 0 Å². The molecule has 0 saturated carbocycles. The number of carbonyl (C=O) groups is 2. The highest BCUT2D eigenvalue weighted by Crippen LogP contribution is 2.35. The molecule has 0 amide bonds. The molecular weight excluding hydrogens is 573 g/mol. The molecule has 0 heterocycles. The predicted octanol–water partition coefficient (Wildman–Crippen LogP) is 14.1. The van der Waals surface area contributed by atoms with Gasteiger partial charge < -0.3 is 8.85 Å². The fourth-order valence-electron chi connectivity index (χ4n) is 6.54. The summed E-state index contributed by atoms with van der Waals surface area (Å²) in [5.41, 5.74) is 0.0798. The summed E-state index contributed by atoms with van der Waals surface area (Å²) >= 11 is 0. The van der Waals surface area contributed by atoms with E-state index in [1.165, 1.54) is 154 Å². The highest BCUT2D eigenvalue weighted by atomic mass is 28.4. The first-order chi connectivity index (χ1) is 21.8. The molecule has 0 aromatic rings. The Kier molecular flexibility index (Phi) is 31.1. The maximum absolute atomic E-state index is 12.9. The van der Waals surface area contributed by atoms with Crippen LogP contribution in [0.1, 0.15) is 234 Å². The lowest BCUT2D eigenvalue weighted by Crippen LogP contribution is -2.51. The summed E-state index contributed by atoms with van der Waals surface area (Å²) in [5.74, 6) is -0.348. The third-order valence-corrected chi connectivity index (χ3v) is 13.9. The average Bonchev–Trinajstić information content (AvgIpc) is 3.00. The molecule has 0 saturated heterocycles. The Morgan fingerprint density at radius 1 is 0.378 bits per heavy atom. The van der Waals surface area contributed by atoms with Crippen LogP contribution in [-0.4, -0.2) is 20.5 Å². The van der Waals surface area contributed by atoms with Gasteiger partial charge in [-0.15, -0.1) is 0 Å². The summed E-state index contributed by atoms with van der Waals surface area (Å²) in [6, 6.07) is 0. The first kappa shape index (κ1) is 44.2. The molecule has 0 bridgehead atoms. The third kappa shape index (κ3) is 25.9. The second-order valence-corrected chi connectivity index (χ2v) is 18.8. The van der Waals surface area contributed by atoms with E-state index in [9.17, 15) is 9.59 Å². The molecule has 0 atom stereocenters. The van der Waals surface area contributed by atoms with Gasteiger partial charge in [-0.1, -0.05) is 208 Å². The summed E-state index contributed by atoms with van der Waals surface area (Å²) < 4.78 is 12.3. The Morgan fingerprint density at radius 2 is 0.578 bits per heavy atom. The van der Waals surface area contributed by atoms with Gasteiger partial charge in [0.2, 0.25) is 0 Å². The van der Waals surface area contributed by atoms with E-state index in [-0.39, 0.29) is 23.0 Å². The van der Waals surface area contributed by atoms with Gasteiger partial charge in [-0.05, 0) is 12.8 Å². The number of rotatable bonds is 34. The SMILES string of the molecule is CCCCCCCCCCCCCCCCC(=O)O[Si](OC(=O)CCCCCCCCCCCCCCCC)(C(C)C)C(C)C. The van der Waals surface area contributed by atoms with Crippen molar-refractivity contribution in [1.82, 2.24) is 0 Å². The van der Waals surface area contributed by atoms with Gasteiger partial charge >= 0.3 is 8.56 Å². The van der Waals surface area contributed by atoms with Gasteiger partial charge in [-0.3, -0.25) is 9.59 Å². The van der Waals surface area contributed by atoms with Crippen LogP contribution in [0.5, 0.6) is 0 Å². The lowest BCUT2D eigenvalue weighted by molar-refractivity contribution is -0.142. The standard InChI is InChI=1S/C40H80O4Si/c1-7-9-11-13-15-17-19-21-23-25-27-29-31-33-35-39(41)43-45(37(3)4,38(5)6)44-40(42)36-34-32-30-28-26-24-22-20-18-16-14-12-10-8-2/h37-38H,7-36H2,1-6H3. The molecule has 45 heavy (non-hydrogen) atoms. The lowest BCUT2D eigenvalue weighted by Gasteiger charge is -2.35. The van der Waals surface area contributed by atoms with Crippen LogP contribution < -0.4 is 0 Å². The van der Waals surface area contributed by atoms with Crippen LogP contribution in [0.2, 0.25) is 11.1 Å². The minimum atomic E-state index is -2.99. The van der Waals surface area contributed by atoms with Crippen LogP contribution in [0.15, 0.2) is 0 Å². The Hall–Kier alpha value is -0.843. The normalized spacial score (nSPS) is 11.9. The highest BCUT2D eigenvalue weighted by Gasteiger charge is 2.51. The van der Waals surface area contributed by atoms with Crippen LogP contribution in [0.4, 0.5) is 0 Å². The zero-order valence-electron chi connectivity index (χ0n) is 31.5. The van der Waals surface area contributed by atoms with Gasteiger partial charge in [0.1, 0.15) is 0 Å². The van der Waals surface area contributed by atoms with E-state index in [0.29, 0.717) is 12.8 Å². The van der Waals surface area contributed by atoms with Crippen molar-refractivity contribution in [2.24, 2.45) is 0 Å². The Balaban J connectivity index is 4.05. The van der Waals surface area contributed by atoms with Crippen molar-refractivity contribution in [2.45, 2.75) is 245 Å². The van der Waals surface area contributed by atoms with E-state index >= 15 is 0 Å². The predicted molar refractivity (Wildman–Crippen MR) is 198 cm³/mol. The van der Waals surface area contributed by atoms with Crippen molar-refractivity contribution in [3.05, 3.63) is 0 Å². The molecule has 0 fully saturated rings. The summed E-state index contributed by atoms with van der Waals surface area (Å²) in [6.45, 7) is 12.7. The topological polar surface area (TPSA) is 52.6 Å². The molecule has 4 nitrogen and oxygen atoms in total. The minimum absolute atomic E-state index is 0.0399.